The molecule has 0 fully saturated rings. The average Bonchev–Trinajstić information content (AvgIpc) is 2.23. The molecule has 76 valence electrons. The van der Waals surface area contributed by atoms with Gasteiger partial charge in [-0.25, -0.2) is 4.39 Å². The molecule has 0 bridgehead atoms. The van der Waals surface area contributed by atoms with Crippen LogP contribution in [0.5, 0.6) is 0 Å². The molecular formula is C12H9ClFN. The van der Waals surface area contributed by atoms with Gasteiger partial charge in [-0.1, -0.05) is 11.6 Å². The summed E-state index contributed by atoms with van der Waals surface area (Å²) in [4.78, 5) is 4.16. The Bertz CT molecular complexity index is 497. The van der Waals surface area contributed by atoms with Gasteiger partial charge in [0.15, 0.2) is 0 Å². The number of halogens is 2. The van der Waals surface area contributed by atoms with Crippen molar-refractivity contribution in [1.82, 2.24) is 4.98 Å². The number of aromatic nitrogens is 1. The minimum Gasteiger partial charge on any atom is -0.255 e. The lowest BCUT2D eigenvalue weighted by molar-refractivity contribution is 0.619. The van der Waals surface area contributed by atoms with Crippen LogP contribution in [0.25, 0.3) is 11.3 Å². The summed E-state index contributed by atoms with van der Waals surface area (Å²) in [7, 11) is 0. The molecule has 0 aliphatic carbocycles. The molecule has 0 saturated heterocycles. The van der Waals surface area contributed by atoms with E-state index in [0.29, 0.717) is 16.3 Å². The Hall–Kier alpha value is -1.41. The number of benzene rings is 1. The summed E-state index contributed by atoms with van der Waals surface area (Å²) < 4.78 is 13.1. The average molecular weight is 222 g/mol. The topological polar surface area (TPSA) is 12.9 Å². The maximum absolute atomic E-state index is 13.1. The Morgan fingerprint density at radius 1 is 1.27 bits per heavy atom. The van der Waals surface area contributed by atoms with E-state index in [1.165, 1.54) is 6.07 Å². The molecule has 0 spiro atoms. The van der Waals surface area contributed by atoms with Crippen molar-refractivity contribution in [3.63, 3.8) is 0 Å². The summed E-state index contributed by atoms with van der Waals surface area (Å²) in [6.07, 6.45) is 1.67. The standard InChI is InChI=1S/C12H9ClFN/c1-8-7-9(4-5-11(8)14)12-10(13)3-2-6-15-12/h2-7H,1H3. The first-order valence-electron chi connectivity index (χ1n) is 4.55. The van der Waals surface area contributed by atoms with E-state index >= 15 is 0 Å². The first kappa shape index (κ1) is 10.1. The highest BCUT2D eigenvalue weighted by molar-refractivity contribution is 6.33. The third-order valence-electron chi connectivity index (χ3n) is 2.19. The molecule has 0 aliphatic heterocycles. The van der Waals surface area contributed by atoms with Gasteiger partial charge in [0, 0.05) is 11.8 Å². The Labute approximate surface area is 92.5 Å². The van der Waals surface area contributed by atoms with Crippen molar-refractivity contribution in [2.24, 2.45) is 0 Å². The summed E-state index contributed by atoms with van der Waals surface area (Å²) in [5.74, 6) is -0.217. The monoisotopic (exact) mass is 221 g/mol. The highest BCUT2D eigenvalue weighted by Gasteiger charge is 2.05. The number of aryl methyl sites for hydroxylation is 1. The van der Waals surface area contributed by atoms with E-state index in [0.717, 1.165) is 5.56 Å². The third kappa shape index (κ3) is 2.00. The molecule has 1 aromatic heterocycles. The molecule has 1 aromatic carbocycles. The second-order valence-electron chi connectivity index (χ2n) is 3.30. The fourth-order valence-corrected chi connectivity index (χ4v) is 1.62. The lowest BCUT2D eigenvalue weighted by Gasteiger charge is -2.04. The fraction of sp³-hybridized carbons (Fsp3) is 0.0833. The fourth-order valence-electron chi connectivity index (χ4n) is 1.39. The van der Waals surface area contributed by atoms with Gasteiger partial charge in [-0.15, -0.1) is 0 Å². The van der Waals surface area contributed by atoms with E-state index in [9.17, 15) is 4.39 Å². The third-order valence-corrected chi connectivity index (χ3v) is 2.49. The molecule has 0 saturated carbocycles. The zero-order valence-corrected chi connectivity index (χ0v) is 8.92. The van der Waals surface area contributed by atoms with Gasteiger partial charge in [0.25, 0.3) is 0 Å². The summed E-state index contributed by atoms with van der Waals surface area (Å²) in [5.41, 5.74) is 2.11. The molecule has 3 heteroatoms. The maximum Gasteiger partial charge on any atom is 0.126 e. The maximum atomic E-state index is 13.1. The molecule has 1 nitrogen and oxygen atoms in total. The zero-order valence-electron chi connectivity index (χ0n) is 8.17. The van der Waals surface area contributed by atoms with Crippen LogP contribution in [0.3, 0.4) is 0 Å². The normalized spacial score (nSPS) is 10.3. The SMILES string of the molecule is Cc1cc(-c2ncccc2Cl)ccc1F. The van der Waals surface area contributed by atoms with Crippen LogP contribution in [0.15, 0.2) is 36.5 Å². The van der Waals surface area contributed by atoms with Crippen LogP contribution in [0.2, 0.25) is 5.02 Å². The van der Waals surface area contributed by atoms with Crippen molar-refractivity contribution in [3.8, 4) is 11.3 Å². The smallest absolute Gasteiger partial charge is 0.126 e. The van der Waals surface area contributed by atoms with E-state index in [4.69, 9.17) is 11.6 Å². The van der Waals surface area contributed by atoms with Crippen molar-refractivity contribution in [2.75, 3.05) is 0 Å². The van der Waals surface area contributed by atoms with Crippen molar-refractivity contribution < 1.29 is 4.39 Å². The van der Waals surface area contributed by atoms with Crippen molar-refractivity contribution in [3.05, 3.63) is 52.9 Å². The quantitative estimate of drug-likeness (QED) is 0.713. The number of hydrogen-bond donors (Lipinski definition) is 0. The second-order valence-corrected chi connectivity index (χ2v) is 3.70. The minimum atomic E-state index is -0.217. The largest absolute Gasteiger partial charge is 0.255 e. The number of rotatable bonds is 1. The lowest BCUT2D eigenvalue weighted by atomic mass is 10.1. The molecule has 0 atom stereocenters. The van der Waals surface area contributed by atoms with Gasteiger partial charge in [-0.05, 0) is 42.8 Å². The molecule has 0 N–H and O–H groups in total. The van der Waals surface area contributed by atoms with Crippen LogP contribution in [0.1, 0.15) is 5.56 Å². The molecule has 0 radical (unpaired) electrons. The number of pyridine rings is 1. The Balaban J connectivity index is 2.55. The Morgan fingerprint density at radius 3 is 2.73 bits per heavy atom. The van der Waals surface area contributed by atoms with E-state index < -0.39 is 0 Å². The molecule has 1 heterocycles. The highest BCUT2D eigenvalue weighted by Crippen LogP contribution is 2.26. The molecular weight excluding hydrogens is 213 g/mol. The highest BCUT2D eigenvalue weighted by atomic mass is 35.5. The molecule has 15 heavy (non-hydrogen) atoms. The molecule has 0 amide bonds. The molecule has 0 aliphatic rings. The van der Waals surface area contributed by atoms with Crippen LogP contribution < -0.4 is 0 Å². The van der Waals surface area contributed by atoms with Crippen molar-refractivity contribution >= 4 is 11.6 Å². The van der Waals surface area contributed by atoms with Crippen LogP contribution in [0.4, 0.5) is 4.39 Å². The minimum absolute atomic E-state index is 0.217. The summed E-state index contributed by atoms with van der Waals surface area (Å²) in [5, 5.41) is 0.573. The van der Waals surface area contributed by atoms with Gasteiger partial charge in [0.1, 0.15) is 5.82 Å². The Kier molecular flexibility index (Phi) is 2.69. The zero-order chi connectivity index (χ0) is 10.8. The van der Waals surface area contributed by atoms with E-state index in [1.54, 1.807) is 37.4 Å². The van der Waals surface area contributed by atoms with Gasteiger partial charge >= 0.3 is 0 Å². The summed E-state index contributed by atoms with van der Waals surface area (Å²) >= 11 is 5.99. The molecule has 0 unspecified atom stereocenters. The van der Waals surface area contributed by atoms with Crippen LogP contribution in [-0.2, 0) is 0 Å². The van der Waals surface area contributed by atoms with Gasteiger partial charge in [-0.2, -0.15) is 0 Å². The summed E-state index contributed by atoms with van der Waals surface area (Å²) in [6.45, 7) is 1.72. The van der Waals surface area contributed by atoms with E-state index in [2.05, 4.69) is 4.98 Å². The predicted octanol–water partition coefficient (Wildman–Crippen LogP) is 3.85. The van der Waals surface area contributed by atoms with Gasteiger partial charge < -0.3 is 0 Å². The van der Waals surface area contributed by atoms with Crippen LogP contribution in [0, 0.1) is 12.7 Å². The molecule has 2 rings (SSSR count). The Morgan fingerprint density at radius 2 is 2.07 bits per heavy atom. The first-order valence-corrected chi connectivity index (χ1v) is 4.93. The predicted molar refractivity (Wildman–Crippen MR) is 59.4 cm³/mol. The van der Waals surface area contributed by atoms with Crippen LogP contribution in [-0.4, -0.2) is 4.98 Å². The van der Waals surface area contributed by atoms with Gasteiger partial charge in [0.05, 0.1) is 10.7 Å². The van der Waals surface area contributed by atoms with E-state index in [-0.39, 0.29) is 5.82 Å². The van der Waals surface area contributed by atoms with Crippen molar-refractivity contribution in [2.45, 2.75) is 6.92 Å². The number of hydrogen-bond acceptors (Lipinski definition) is 1. The first-order chi connectivity index (χ1) is 7.18. The van der Waals surface area contributed by atoms with Gasteiger partial charge in [-0.3, -0.25) is 4.98 Å². The van der Waals surface area contributed by atoms with Gasteiger partial charge in [0.2, 0.25) is 0 Å². The van der Waals surface area contributed by atoms with E-state index in [1.807, 2.05) is 0 Å². The van der Waals surface area contributed by atoms with Crippen molar-refractivity contribution in [1.29, 1.82) is 0 Å². The number of nitrogens with zero attached hydrogens (tertiary/aromatic N) is 1. The summed E-state index contributed by atoms with van der Waals surface area (Å²) in [6, 6.07) is 8.38. The van der Waals surface area contributed by atoms with Crippen LogP contribution >= 0.6 is 11.6 Å². The lowest BCUT2D eigenvalue weighted by Crippen LogP contribution is -1.87. The molecule has 2 aromatic rings. The second kappa shape index (κ2) is 3.99.